The third kappa shape index (κ3) is 3.90. The van der Waals surface area contributed by atoms with Crippen LogP contribution >= 0.6 is 23.2 Å². The van der Waals surface area contributed by atoms with Crippen molar-refractivity contribution in [3.05, 3.63) is 39.9 Å². The molecule has 4 rings (SSSR count). The van der Waals surface area contributed by atoms with E-state index in [0.717, 1.165) is 37.1 Å². The smallest absolute Gasteiger partial charge is 0.296 e. The Morgan fingerprint density at radius 3 is 2.53 bits per heavy atom. The zero-order valence-electron chi connectivity index (χ0n) is 16.3. The van der Waals surface area contributed by atoms with Crippen molar-refractivity contribution in [3.8, 4) is 0 Å². The van der Waals surface area contributed by atoms with Crippen LogP contribution in [0.2, 0.25) is 10.0 Å². The van der Waals surface area contributed by atoms with Crippen molar-refractivity contribution in [2.75, 3.05) is 18.5 Å². The Hall–Kier alpha value is -2.20. The van der Waals surface area contributed by atoms with Crippen LogP contribution in [0, 0.1) is 0 Å². The van der Waals surface area contributed by atoms with Crippen LogP contribution < -0.4 is 4.90 Å². The number of hydrogen-bond acceptors (Lipinski definition) is 6. The molecule has 0 spiro atoms. The Morgan fingerprint density at radius 1 is 1.07 bits per heavy atom. The molecular weight excluding hydrogens is 449 g/mol. The van der Waals surface area contributed by atoms with Crippen molar-refractivity contribution in [3.63, 3.8) is 0 Å². The molecule has 1 aliphatic rings. The van der Waals surface area contributed by atoms with E-state index in [4.69, 9.17) is 23.2 Å². The quantitative estimate of drug-likeness (QED) is 0.415. The second kappa shape index (κ2) is 7.81. The van der Waals surface area contributed by atoms with E-state index in [-0.39, 0.29) is 16.5 Å². The summed E-state index contributed by atoms with van der Waals surface area (Å²) in [5.41, 5.74) is 3.08. The van der Waals surface area contributed by atoms with Gasteiger partial charge < -0.3 is 9.47 Å². The first-order valence-electron chi connectivity index (χ1n) is 9.24. The van der Waals surface area contributed by atoms with Gasteiger partial charge in [-0.1, -0.05) is 23.2 Å². The molecule has 1 aromatic heterocycles. The van der Waals surface area contributed by atoms with Gasteiger partial charge in [0.1, 0.15) is 10.6 Å². The number of imidazole rings is 1. The molecule has 0 saturated heterocycles. The third-order valence-corrected chi connectivity index (χ3v) is 6.79. The Morgan fingerprint density at radius 2 is 1.80 bits per heavy atom. The minimum absolute atomic E-state index is 0.0645. The number of aromatic nitrogens is 2. The van der Waals surface area contributed by atoms with Crippen LogP contribution in [-0.2, 0) is 23.6 Å². The van der Waals surface area contributed by atoms with Crippen LogP contribution in [0.5, 0.6) is 0 Å². The topological polar surface area (TPSA) is 100 Å². The fourth-order valence-electron chi connectivity index (χ4n) is 3.59. The molecule has 8 nitrogen and oxygen atoms in total. The predicted molar refractivity (Wildman–Crippen MR) is 117 cm³/mol. The molecule has 0 unspecified atom stereocenters. The Labute approximate surface area is 183 Å². The zero-order chi connectivity index (χ0) is 21.6. The van der Waals surface area contributed by atoms with Crippen molar-refractivity contribution in [1.29, 1.82) is 0 Å². The van der Waals surface area contributed by atoms with Crippen molar-refractivity contribution in [2.45, 2.75) is 24.2 Å². The first-order chi connectivity index (χ1) is 14.1. The normalized spacial score (nSPS) is 15.0. The first-order valence-corrected chi connectivity index (χ1v) is 11.4. The van der Waals surface area contributed by atoms with Gasteiger partial charge in [-0.2, -0.15) is 8.42 Å². The SMILES string of the molecule is CN1CCCCc2cc(N=Nc3nc4cc(Cl)c(Cl)cc4n3C)c(S(=O)(=O)O)cc21. The average molecular weight is 468 g/mol. The van der Waals surface area contributed by atoms with Gasteiger partial charge in [-0.25, -0.2) is 4.98 Å². The third-order valence-electron chi connectivity index (χ3n) is 5.19. The van der Waals surface area contributed by atoms with E-state index < -0.39 is 10.1 Å². The summed E-state index contributed by atoms with van der Waals surface area (Å²) < 4.78 is 35.5. The number of nitrogens with zero attached hydrogens (tertiary/aromatic N) is 5. The molecule has 3 aromatic rings. The number of benzene rings is 2. The summed E-state index contributed by atoms with van der Waals surface area (Å²) in [6, 6.07) is 6.42. The van der Waals surface area contributed by atoms with Gasteiger partial charge in [0, 0.05) is 26.3 Å². The maximum atomic E-state index is 12.0. The summed E-state index contributed by atoms with van der Waals surface area (Å²) in [4.78, 5) is 6.07. The Kier molecular flexibility index (Phi) is 5.48. The summed E-state index contributed by atoms with van der Waals surface area (Å²) in [6.07, 6.45) is 2.76. The lowest BCUT2D eigenvalue weighted by molar-refractivity contribution is 0.483. The standard InChI is InChI=1S/C19H19Cl2N5O3S/c1-25-6-4-3-5-11-7-15(18(10-16(11)25)30(27,28)29)23-24-19-22-14-8-12(20)13(21)9-17(14)26(19)2/h7-10H,3-6H2,1-2H3,(H,27,28,29). The van der Waals surface area contributed by atoms with Gasteiger partial charge in [0.15, 0.2) is 0 Å². The highest BCUT2D eigenvalue weighted by atomic mass is 35.5. The molecule has 1 N–H and O–H groups in total. The molecule has 1 aliphatic heterocycles. The van der Waals surface area contributed by atoms with Gasteiger partial charge >= 0.3 is 0 Å². The van der Waals surface area contributed by atoms with Crippen molar-refractivity contribution >= 4 is 61.7 Å². The molecule has 158 valence electrons. The fraction of sp³-hybridized carbons (Fsp3) is 0.316. The number of hydrogen-bond donors (Lipinski definition) is 1. The van der Waals surface area contributed by atoms with Crippen molar-refractivity contribution in [1.82, 2.24) is 9.55 Å². The zero-order valence-corrected chi connectivity index (χ0v) is 18.6. The number of fused-ring (bicyclic) bond motifs is 2. The van der Waals surface area contributed by atoms with Crippen molar-refractivity contribution < 1.29 is 13.0 Å². The number of anilines is 1. The Bertz CT molecular complexity index is 1290. The van der Waals surface area contributed by atoms with Crippen LogP contribution in [0.15, 0.2) is 39.4 Å². The highest BCUT2D eigenvalue weighted by Crippen LogP contribution is 2.36. The Balaban J connectivity index is 1.83. The van der Waals surface area contributed by atoms with Gasteiger partial charge in [-0.15, -0.1) is 10.2 Å². The van der Waals surface area contributed by atoms with E-state index in [2.05, 4.69) is 15.2 Å². The summed E-state index contributed by atoms with van der Waals surface area (Å²) in [5, 5.41) is 9.02. The van der Waals surface area contributed by atoms with E-state index >= 15 is 0 Å². The van der Waals surface area contributed by atoms with E-state index in [1.54, 1.807) is 29.8 Å². The molecule has 11 heteroatoms. The molecular formula is C19H19Cl2N5O3S. The summed E-state index contributed by atoms with van der Waals surface area (Å²) >= 11 is 12.1. The van der Waals surface area contributed by atoms with E-state index in [0.29, 0.717) is 21.1 Å². The maximum absolute atomic E-state index is 12.0. The predicted octanol–water partition coefficient (Wildman–Crippen LogP) is 5.31. The number of aryl methyl sites for hydroxylation is 2. The van der Waals surface area contributed by atoms with Crippen LogP contribution in [0.3, 0.4) is 0 Å². The molecule has 2 aromatic carbocycles. The highest BCUT2D eigenvalue weighted by Gasteiger charge is 2.22. The molecule has 0 radical (unpaired) electrons. The summed E-state index contributed by atoms with van der Waals surface area (Å²) in [7, 11) is -0.858. The monoisotopic (exact) mass is 467 g/mol. The molecule has 0 amide bonds. The van der Waals surface area contributed by atoms with E-state index in [1.165, 1.54) is 6.07 Å². The molecule has 2 heterocycles. The van der Waals surface area contributed by atoms with Crippen LogP contribution in [0.4, 0.5) is 17.3 Å². The maximum Gasteiger partial charge on any atom is 0.296 e. The van der Waals surface area contributed by atoms with Gasteiger partial charge in [-0.05, 0) is 49.1 Å². The van der Waals surface area contributed by atoms with Gasteiger partial charge in [0.2, 0.25) is 5.95 Å². The summed E-state index contributed by atoms with van der Waals surface area (Å²) in [6.45, 7) is 0.809. The lowest BCUT2D eigenvalue weighted by Crippen LogP contribution is -2.18. The first kappa shape index (κ1) is 21.0. The van der Waals surface area contributed by atoms with E-state index in [9.17, 15) is 13.0 Å². The lowest BCUT2D eigenvalue weighted by Gasteiger charge is -2.20. The summed E-state index contributed by atoms with van der Waals surface area (Å²) in [5.74, 6) is 0.247. The van der Waals surface area contributed by atoms with Crippen LogP contribution in [0.25, 0.3) is 11.0 Å². The molecule has 0 atom stereocenters. The largest absolute Gasteiger partial charge is 0.374 e. The van der Waals surface area contributed by atoms with Gasteiger partial charge in [-0.3, -0.25) is 4.55 Å². The van der Waals surface area contributed by atoms with Crippen molar-refractivity contribution in [2.24, 2.45) is 17.3 Å². The number of azo groups is 1. The number of halogens is 2. The van der Waals surface area contributed by atoms with Crippen LogP contribution in [0.1, 0.15) is 18.4 Å². The number of rotatable bonds is 3. The second-order valence-electron chi connectivity index (χ2n) is 7.23. The molecule has 0 aliphatic carbocycles. The highest BCUT2D eigenvalue weighted by molar-refractivity contribution is 7.86. The van der Waals surface area contributed by atoms with E-state index in [1.807, 2.05) is 11.9 Å². The molecule has 0 fully saturated rings. The second-order valence-corrected chi connectivity index (χ2v) is 9.43. The van der Waals surface area contributed by atoms with Crippen LogP contribution in [-0.4, -0.2) is 36.1 Å². The van der Waals surface area contributed by atoms with Gasteiger partial charge in [0.05, 0.1) is 21.1 Å². The average Bonchev–Trinajstić information content (AvgIpc) is 2.85. The minimum Gasteiger partial charge on any atom is -0.374 e. The molecule has 30 heavy (non-hydrogen) atoms. The molecule has 0 saturated carbocycles. The van der Waals surface area contributed by atoms with Gasteiger partial charge in [0.25, 0.3) is 10.1 Å². The fourth-order valence-corrected chi connectivity index (χ4v) is 4.53. The minimum atomic E-state index is -4.50. The lowest BCUT2D eigenvalue weighted by atomic mass is 10.1. The molecule has 0 bridgehead atoms.